The van der Waals surface area contributed by atoms with Crippen molar-refractivity contribution in [1.29, 1.82) is 0 Å². The lowest BCUT2D eigenvalue weighted by atomic mass is 9.82. The van der Waals surface area contributed by atoms with Crippen molar-refractivity contribution in [2.45, 2.75) is 26.2 Å². The molecular weight excluding hydrogens is 725 g/mol. The molecule has 1 aliphatic rings. The molecule has 0 spiro atoms. The molecule has 1 aliphatic carbocycles. The Morgan fingerprint density at radius 2 is 0.750 bits per heavy atom. The van der Waals surface area contributed by atoms with Crippen LogP contribution >= 0.6 is 0 Å². The standard InChI is InChI=1S/C58H46N2/c1-41-38-53-52-27-13-15-28-54(52)58(2,3)55(53)40-57(41)60(49-34-30-43(31-35-49)42-18-7-4-8-19-42)50-36-32-44(33-37-50)45-20-17-21-46(39-45)51-26-14-16-29-56(51)59(47-22-9-5-10-23-47)48-24-11-6-12-25-48/h4-40H,1-3H3. The van der Waals surface area contributed by atoms with E-state index in [1.165, 1.54) is 66.9 Å². The van der Waals surface area contributed by atoms with E-state index < -0.39 is 0 Å². The fraction of sp³-hybridized carbons (Fsp3) is 0.0690. The Kier molecular flexibility index (Phi) is 9.47. The maximum Gasteiger partial charge on any atom is 0.0540 e. The van der Waals surface area contributed by atoms with Gasteiger partial charge < -0.3 is 9.80 Å². The van der Waals surface area contributed by atoms with Gasteiger partial charge in [0.2, 0.25) is 0 Å². The number of para-hydroxylation sites is 3. The van der Waals surface area contributed by atoms with Crippen LogP contribution in [0.5, 0.6) is 0 Å². The summed E-state index contributed by atoms with van der Waals surface area (Å²) in [4.78, 5) is 4.78. The normalized spacial score (nSPS) is 12.4. The molecular formula is C58H46N2. The third-order valence-electron chi connectivity index (χ3n) is 12.2. The molecule has 0 saturated carbocycles. The van der Waals surface area contributed by atoms with E-state index in [1.54, 1.807) is 0 Å². The van der Waals surface area contributed by atoms with Gasteiger partial charge >= 0.3 is 0 Å². The molecule has 0 aromatic heterocycles. The number of fused-ring (bicyclic) bond motifs is 3. The number of benzene rings is 9. The highest BCUT2D eigenvalue weighted by atomic mass is 15.1. The second kappa shape index (κ2) is 15.4. The van der Waals surface area contributed by atoms with Crippen molar-refractivity contribution < 1.29 is 0 Å². The maximum atomic E-state index is 2.44. The molecule has 0 saturated heterocycles. The molecule has 0 bridgehead atoms. The van der Waals surface area contributed by atoms with E-state index in [0.29, 0.717) is 0 Å². The predicted octanol–water partition coefficient (Wildman–Crippen LogP) is 16.2. The summed E-state index contributed by atoms with van der Waals surface area (Å²) in [5, 5.41) is 0. The van der Waals surface area contributed by atoms with Crippen LogP contribution in [0.4, 0.5) is 34.1 Å². The lowest BCUT2D eigenvalue weighted by Gasteiger charge is -2.30. The second-order valence-electron chi connectivity index (χ2n) is 16.3. The van der Waals surface area contributed by atoms with Crippen molar-refractivity contribution in [2.24, 2.45) is 0 Å². The summed E-state index contributed by atoms with van der Waals surface area (Å²) in [6.07, 6.45) is 0. The Bertz CT molecular complexity index is 2890. The summed E-state index contributed by atoms with van der Waals surface area (Å²) in [5.74, 6) is 0. The molecule has 9 aromatic rings. The second-order valence-corrected chi connectivity index (χ2v) is 16.3. The van der Waals surface area contributed by atoms with E-state index in [4.69, 9.17) is 0 Å². The van der Waals surface area contributed by atoms with Crippen LogP contribution in [0.15, 0.2) is 224 Å². The van der Waals surface area contributed by atoms with Gasteiger partial charge in [0, 0.05) is 39.4 Å². The highest BCUT2D eigenvalue weighted by molar-refractivity contribution is 5.90. The summed E-state index contributed by atoms with van der Waals surface area (Å²) < 4.78 is 0. The Hall–Kier alpha value is -7.42. The first kappa shape index (κ1) is 36.9. The fourth-order valence-corrected chi connectivity index (χ4v) is 9.11. The van der Waals surface area contributed by atoms with Gasteiger partial charge in [-0.15, -0.1) is 0 Å². The van der Waals surface area contributed by atoms with Gasteiger partial charge in [-0.2, -0.15) is 0 Å². The number of anilines is 6. The molecule has 0 N–H and O–H groups in total. The molecule has 0 fully saturated rings. The highest BCUT2D eigenvalue weighted by Crippen LogP contribution is 2.52. The van der Waals surface area contributed by atoms with Crippen LogP contribution in [0.2, 0.25) is 0 Å². The average Bonchev–Trinajstić information content (AvgIpc) is 3.53. The SMILES string of the molecule is Cc1cc2c(cc1N(c1ccc(-c3ccccc3)cc1)c1ccc(-c3cccc(-c4ccccc4N(c4ccccc4)c4ccccc4)c3)cc1)C(C)(C)c1ccccc1-2. The summed E-state index contributed by atoms with van der Waals surface area (Å²) in [7, 11) is 0. The molecule has 0 unspecified atom stereocenters. The van der Waals surface area contributed by atoms with Crippen molar-refractivity contribution in [3.05, 3.63) is 241 Å². The number of nitrogens with zero attached hydrogens (tertiary/aromatic N) is 2. The molecule has 60 heavy (non-hydrogen) atoms. The first-order chi connectivity index (χ1) is 29.4. The third kappa shape index (κ3) is 6.67. The maximum absolute atomic E-state index is 2.44. The van der Waals surface area contributed by atoms with Gasteiger partial charge in [-0.3, -0.25) is 0 Å². The molecule has 0 heterocycles. The van der Waals surface area contributed by atoms with Gasteiger partial charge in [0.25, 0.3) is 0 Å². The number of hydrogen-bond acceptors (Lipinski definition) is 2. The first-order valence-corrected chi connectivity index (χ1v) is 20.8. The molecule has 288 valence electrons. The van der Waals surface area contributed by atoms with Crippen LogP contribution in [-0.4, -0.2) is 0 Å². The van der Waals surface area contributed by atoms with Crippen LogP contribution in [0.25, 0.3) is 44.5 Å². The van der Waals surface area contributed by atoms with E-state index in [-0.39, 0.29) is 5.41 Å². The molecule has 9 aromatic carbocycles. The minimum atomic E-state index is -0.107. The molecule has 0 radical (unpaired) electrons. The smallest absolute Gasteiger partial charge is 0.0540 e. The molecule has 0 atom stereocenters. The lowest BCUT2D eigenvalue weighted by Crippen LogP contribution is -2.17. The van der Waals surface area contributed by atoms with Crippen LogP contribution in [0.3, 0.4) is 0 Å². The Labute approximate surface area is 354 Å². The Balaban J connectivity index is 1.04. The Morgan fingerprint density at radius 3 is 1.38 bits per heavy atom. The number of aryl methyl sites for hydroxylation is 1. The Morgan fingerprint density at radius 1 is 0.300 bits per heavy atom. The first-order valence-electron chi connectivity index (χ1n) is 20.8. The highest BCUT2D eigenvalue weighted by Gasteiger charge is 2.36. The summed E-state index contributed by atoms with van der Waals surface area (Å²) >= 11 is 0. The number of rotatable bonds is 9. The summed E-state index contributed by atoms with van der Waals surface area (Å²) in [5.41, 5.74) is 20.5. The van der Waals surface area contributed by atoms with E-state index in [0.717, 1.165) is 28.4 Å². The topological polar surface area (TPSA) is 6.48 Å². The minimum absolute atomic E-state index is 0.107. The van der Waals surface area contributed by atoms with Crippen molar-refractivity contribution in [2.75, 3.05) is 9.80 Å². The van der Waals surface area contributed by atoms with Gasteiger partial charge in [-0.1, -0.05) is 166 Å². The average molecular weight is 771 g/mol. The monoisotopic (exact) mass is 770 g/mol. The van der Waals surface area contributed by atoms with Crippen LogP contribution < -0.4 is 9.80 Å². The quantitative estimate of drug-likeness (QED) is 0.144. The van der Waals surface area contributed by atoms with Crippen LogP contribution in [0, 0.1) is 6.92 Å². The predicted molar refractivity (Wildman–Crippen MR) is 254 cm³/mol. The van der Waals surface area contributed by atoms with E-state index in [9.17, 15) is 0 Å². The minimum Gasteiger partial charge on any atom is -0.310 e. The van der Waals surface area contributed by atoms with E-state index in [1.807, 2.05) is 0 Å². The zero-order valence-electron chi connectivity index (χ0n) is 34.3. The van der Waals surface area contributed by atoms with Crippen molar-refractivity contribution in [3.63, 3.8) is 0 Å². The van der Waals surface area contributed by atoms with Crippen molar-refractivity contribution >= 4 is 34.1 Å². The van der Waals surface area contributed by atoms with Crippen LogP contribution in [0.1, 0.15) is 30.5 Å². The zero-order chi connectivity index (χ0) is 40.6. The fourth-order valence-electron chi connectivity index (χ4n) is 9.11. The van der Waals surface area contributed by atoms with Gasteiger partial charge in [0.1, 0.15) is 0 Å². The molecule has 10 rings (SSSR count). The van der Waals surface area contributed by atoms with Gasteiger partial charge in [0.15, 0.2) is 0 Å². The van der Waals surface area contributed by atoms with Gasteiger partial charge in [-0.25, -0.2) is 0 Å². The largest absolute Gasteiger partial charge is 0.310 e. The molecule has 0 aliphatic heterocycles. The lowest BCUT2D eigenvalue weighted by molar-refractivity contribution is 0.660. The summed E-state index contributed by atoms with van der Waals surface area (Å²) in [6.45, 7) is 6.97. The molecule has 0 amide bonds. The summed E-state index contributed by atoms with van der Waals surface area (Å²) in [6, 6.07) is 81.4. The number of hydrogen-bond donors (Lipinski definition) is 0. The van der Waals surface area contributed by atoms with Gasteiger partial charge in [-0.05, 0) is 135 Å². The van der Waals surface area contributed by atoms with E-state index >= 15 is 0 Å². The third-order valence-corrected chi connectivity index (χ3v) is 12.2. The van der Waals surface area contributed by atoms with Gasteiger partial charge in [0.05, 0.1) is 5.69 Å². The zero-order valence-corrected chi connectivity index (χ0v) is 34.3. The molecule has 2 nitrogen and oxygen atoms in total. The van der Waals surface area contributed by atoms with E-state index in [2.05, 4.69) is 255 Å². The van der Waals surface area contributed by atoms with Crippen molar-refractivity contribution in [3.8, 4) is 44.5 Å². The molecule has 2 heteroatoms. The van der Waals surface area contributed by atoms with Crippen molar-refractivity contribution in [1.82, 2.24) is 0 Å². The van der Waals surface area contributed by atoms with Crippen LogP contribution in [-0.2, 0) is 5.41 Å².